The minimum atomic E-state index is -0.411. The molecule has 4 nitrogen and oxygen atoms in total. The molecule has 0 fully saturated rings. The average Bonchev–Trinajstić information content (AvgIpc) is 2.16. The van der Waals surface area contributed by atoms with Crippen molar-refractivity contribution in [2.75, 3.05) is 12.8 Å². The first-order valence-electron chi connectivity index (χ1n) is 3.95. The van der Waals surface area contributed by atoms with Crippen molar-refractivity contribution in [2.45, 2.75) is 12.8 Å². The van der Waals surface area contributed by atoms with Gasteiger partial charge in [0.2, 0.25) is 0 Å². The van der Waals surface area contributed by atoms with Gasteiger partial charge >= 0.3 is 5.97 Å². The summed E-state index contributed by atoms with van der Waals surface area (Å²) in [5.74, 6) is -0.739. The molecule has 0 bridgehead atoms. The molecule has 1 heterocycles. The molecule has 70 valence electrons. The van der Waals surface area contributed by atoms with E-state index in [1.165, 1.54) is 7.11 Å². The van der Waals surface area contributed by atoms with Crippen molar-refractivity contribution in [3.05, 3.63) is 24.0 Å². The Morgan fingerprint density at radius 1 is 1.69 bits per heavy atom. The molecule has 0 aliphatic carbocycles. The summed E-state index contributed by atoms with van der Waals surface area (Å²) in [6.45, 7) is 1.71. The second kappa shape index (κ2) is 3.89. The first-order valence-corrected chi connectivity index (χ1v) is 3.95. The minimum absolute atomic E-state index is 0.328. The third kappa shape index (κ3) is 1.96. The zero-order valence-corrected chi connectivity index (χ0v) is 7.65. The summed E-state index contributed by atoms with van der Waals surface area (Å²) in [7, 11) is 1.35. The Morgan fingerprint density at radius 3 is 2.92 bits per heavy atom. The summed E-state index contributed by atoms with van der Waals surface area (Å²) < 4.78 is 4.59. The molecule has 2 N–H and O–H groups in total. The molecule has 1 rings (SSSR count). The van der Waals surface area contributed by atoms with Crippen LogP contribution in [0.3, 0.4) is 0 Å². The summed E-state index contributed by atoms with van der Waals surface area (Å²) >= 11 is 0. The van der Waals surface area contributed by atoms with Crippen LogP contribution in [0.4, 0.5) is 5.69 Å². The molecule has 4 heteroatoms. The lowest BCUT2D eigenvalue weighted by atomic mass is 10.1. The number of rotatable bonds is 2. The molecule has 1 unspecified atom stereocenters. The van der Waals surface area contributed by atoms with E-state index in [-0.39, 0.29) is 5.97 Å². The molecule has 0 saturated heterocycles. The highest BCUT2D eigenvalue weighted by atomic mass is 16.5. The van der Waals surface area contributed by atoms with Gasteiger partial charge in [-0.05, 0) is 19.1 Å². The number of methoxy groups -OCH3 is 1. The fourth-order valence-corrected chi connectivity index (χ4v) is 1.08. The van der Waals surface area contributed by atoms with E-state index in [2.05, 4.69) is 9.72 Å². The number of nitrogens with two attached hydrogens (primary N) is 1. The van der Waals surface area contributed by atoms with E-state index < -0.39 is 5.92 Å². The molecule has 1 aromatic heterocycles. The van der Waals surface area contributed by atoms with Gasteiger partial charge in [0.1, 0.15) is 0 Å². The molecule has 1 aromatic rings. The van der Waals surface area contributed by atoms with Gasteiger partial charge in [0.15, 0.2) is 0 Å². The van der Waals surface area contributed by atoms with Gasteiger partial charge in [0.25, 0.3) is 0 Å². The van der Waals surface area contributed by atoms with Crippen molar-refractivity contribution in [3.63, 3.8) is 0 Å². The van der Waals surface area contributed by atoms with Crippen LogP contribution in [0.25, 0.3) is 0 Å². The molecule has 0 radical (unpaired) electrons. The summed E-state index contributed by atoms with van der Waals surface area (Å²) in [5, 5.41) is 0. The van der Waals surface area contributed by atoms with Crippen LogP contribution in [0, 0.1) is 0 Å². The quantitative estimate of drug-likeness (QED) is 0.688. The summed E-state index contributed by atoms with van der Waals surface area (Å²) in [6.07, 6.45) is 1.60. The number of anilines is 1. The van der Waals surface area contributed by atoms with Crippen molar-refractivity contribution < 1.29 is 9.53 Å². The van der Waals surface area contributed by atoms with Gasteiger partial charge in [-0.3, -0.25) is 9.78 Å². The number of carbonyl (C=O) groups is 1. The maximum Gasteiger partial charge on any atom is 0.314 e. The number of hydrogen-bond acceptors (Lipinski definition) is 4. The third-order valence-corrected chi connectivity index (χ3v) is 1.84. The smallest absolute Gasteiger partial charge is 0.314 e. The molecule has 0 aliphatic heterocycles. The van der Waals surface area contributed by atoms with E-state index in [0.717, 1.165) is 0 Å². The maximum absolute atomic E-state index is 11.1. The van der Waals surface area contributed by atoms with E-state index >= 15 is 0 Å². The Balaban J connectivity index is 2.95. The predicted molar refractivity (Wildman–Crippen MR) is 49.1 cm³/mol. The lowest BCUT2D eigenvalue weighted by molar-refractivity contribution is -0.142. The van der Waals surface area contributed by atoms with Gasteiger partial charge in [-0.25, -0.2) is 0 Å². The van der Waals surface area contributed by atoms with Gasteiger partial charge < -0.3 is 10.5 Å². The van der Waals surface area contributed by atoms with Crippen LogP contribution in [0.5, 0.6) is 0 Å². The Labute approximate surface area is 76.7 Å². The molecule has 0 aromatic carbocycles. The van der Waals surface area contributed by atoms with Crippen LogP contribution in [-0.2, 0) is 9.53 Å². The van der Waals surface area contributed by atoms with Crippen molar-refractivity contribution in [1.29, 1.82) is 0 Å². The van der Waals surface area contributed by atoms with Gasteiger partial charge in [0, 0.05) is 6.20 Å². The zero-order valence-electron chi connectivity index (χ0n) is 7.65. The Bertz CT molecular complexity index is 312. The van der Waals surface area contributed by atoms with Gasteiger partial charge in [0.05, 0.1) is 24.4 Å². The standard InChI is InChI=1S/C9H12N2O2/c1-6(9(12)13-2)8-7(10)4-3-5-11-8/h3-6H,10H2,1-2H3. The van der Waals surface area contributed by atoms with Crippen molar-refractivity contribution >= 4 is 11.7 Å². The van der Waals surface area contributed by atoms with Crippen LogP contribution < -0.4 is 5.73 Å². The number of aromatic nitrogens is 1. The number of nitrogen functional groups attached to an aromatic ring is 1. The van der Waals surface area contributed by atoms with E-state index in [0.29, 0.717) is 11.4 Å². The van der Waals surface area contributed by atoms with Gasteiger partial charge in [-0.15, -0.1) is 0 Å². The Kier molecular flexibility index (Phi) is 2.84. The van der Waals surface area contributed by atoms with E-state index in [1.54, 1.807) is 25.3 Å². The van der Waals surface area contributed by atoms with E-state index in [9.17, 15) is 4.79 Å². The number of pyridine rings is 1. The minimum Gasteiger partial charge on any atom is -0.469 e. The Hall–Kier alpha value is -1.58. The van der Waals surface area contributed by atoms with Crippen molar-refractivity contribution in [1.82, 2.24) is 4.98 Å². The van der Waals surface area contributed by atoms with Crippen LogP contribution in [0.1, 0.15) is 18.5 Å². The lowest BCUT2D eigenvalue weighted by Crippen LogP contribution is -2.13. The van der Waals surface area contributed by atoms with Crippen molar-refractivity contribution in [3.8, 4) is 0 Å². The highest BCUT2D eigenvalue weighted by Gasteiger charge is 2.18. The second-order valence-electron chi connectivity index (χ2n) is 2.72. The third-order valence-electron chi connectivity index (χ3n) is 1.84. The summed E-state index contributed by atoms with van der Waals surface area (Å²) in [6, 6.07) is 3.44. The fourth-order valence-electron chi connectivity index (χ4n) is 1.08. The molecular formula is C9H12N2O2. The number of carbonyl (C=O) groups excluding carboxylic acids is 1. The SMILES string of the molecule is COC(=O)C(C)c1ncccc1N. The highest BCUT2D eigenvalue weighted by molar-refractivity contribution is 5.78. The van der Waals surface area contributed by atoms with Crippen LogP contribution in [0.2, 0.25) is 0 Å². The molecule has 0 amide bonds. The average molecular weight is 180 g/mol. The largest absolute Gasteiger partial charge is 0.469 e. The zero-order chi connectivity index (χ0) is 9.84. The van der Waals surface area contributed by atoms with E-state index in [4.69, 9.17) is 5.73 Å². The van der Waals surface area contributed by atoms with Crippen LogP contribution in [-0.4, -0.2) is 18.1 Å². The normalized spacial score (nSPS) is 12.2. The first-order chi connectivity index (χ1) is 6.16. The molecule has 0 saturated carbocycles. The van der Waals surface area contributed by atoms with E-state index in [1.807, 2.05) is 0 Å². The fraction of sp³-hybridized carbons (Fsp3) is 0.333. The molecular weight excluding hydrogens is 168 g/mol. The predicted octanol–water partition coefficient (Wildman–Crippen LogP) is 0.940. The van der Waals surface area contributed by atoms with Crippen LogP contribution >= 0.6 is 0 Å². The maximum atomic E-state index is 11.1. The summed E-state index contributed by atoms with van der Waals surface area (Å²) in [5.41, 5.74) is 6.72. The molecule has 0 aliphatic rings. The highest BCUT2D eigenvalue weighted by Crippen LogP contribution is 2.19. The number of hydrogen-bond donors (Lipinski definition) is 1. The monoisotopic (exact) mass is 180 g/mol. The molecule has 13 heavy (non-hydrogen) atoms. The second-order valence-corrected chi connectivity index (χ2v) is 2.72. The molecule has 0 spiro atoms. The van der Waals surface area contributed by atoms with Crippen molar-refractivity contribution in [2.24, 2.45) is 0 Å². The topological polar surface area (TPSA) is 65.2 Å². The lowest BCUT2D eigenvalue weighted by Gasteiger charge is -2.09. The number of esters is 1. The Morgan fingerprint density at radius 2 is 2.38 bits per heavy atom. The van der Waals surface area contributed by atoms with Gasteiger partial charge in [-0.1, -0.05) is 0 Å². The van der Waals surface area contributed by atoms with Gasteiger partial charge in [-0.2, -0.15) is 0 Å². The summed E-state index contributed by atoms with van der Waals surface area (Å²) in [4.78, 5) is 15.2. The molecule has 1 atom stereocenters. The number of nitrogens with zero attached hydrogens (tertiary/aromatic N) is 1. The first kappa shape index (κ1) is 9.51. The van der Waals surface area contributed by atoms with Crippen LogP contribution in [0.15, 0.2) is 18.3 Å². The number of ether oxygens (including phenoxy) is 1.